The van der Waals surface area contributed by atoms with Crippen LogP contribution in [-0.2, 0) is 0 Å². The van der Waals surface area contributed by atoms with E-state index in [0.717, 1.165) is 11.8 Å². The summed E-state index contributed by atoms with van der Waals surface area (Å²) in [5.74, 6) is 4.56. The van der Waals surface area contributed by atoms with Crippen LogP contribution >= 0.6 is 11.8 Å². The van der Waals surface area contributed by atoms with Crippen molar-refractivity contribution in [3.63, 3.8) is 0 Å². The lowest BCUT2D eigenvalue weighted by Gasteiger charge is -2.24. The van der Waals surface area contributed by atoms with Crippen molar-refractivity contribution in [2.24, 2.45) is 11.8 Å². The van der Waals surface area contributed by atoms with Crippen LogP contribution < -0.4 is 5.32 Å². The van der Waals surface area contributed by atoms with Gasteiger partial charge in [-0.25, -0.2) is 0 Å². The van der Waals surface area contributed by atoms with E-state index in [-0.39, 0.29) is 0 Å². The first-order chi connectivity index (χ1) is 7.18. The zero-order valence-electron chi connectivity index (χ0n) is 10.6. The van der Waals surface area contributed by atoms with E-state index in [1.807, 2.05) is 0 Å². The van der Waals surface area contributed by atoms with Crippen LogP contribution in [0.2, 0.25) is 0 Å². The lowest BCUT2D eigenvalue weighted by molar-refractivity contribution is 0.389. The molecule has 0 saturated carbocycles. The van der Waals surface area contributed by atoms with Crippen LogP contribution in [0.15, 0.2) is 0 Å². The Hall–Kier alpha value is 0.310. The Morgan fingerprint density at radius 1 is 1.13 bits per heavy atom. The van der Waals surface area contributed by atoms with Gasteiger partial charge in [-0.2, -0.15) is 11.8 Å². The lowest BCUT2D eigenvalue weighted by Crippen LogP contribution is -2.32. The Labute approximate surface area is 99.8 Å². The Morgan fingerprint density at radius 3 is 2.40 bits per heavy atom. The summed E-state index contributed by atoms with van der Waals surface area (Å²) in [6.45, 7) is 8.20. The molecule has 1 atom stereocenters. The fourth-order valence-electron chi connectivity index (χ4n) is 2.00. The highest BCUT2D eigenvalue weighted by molar-refractivity contribution is 7.99. The second kappa shape index (κ2) is 7.56. The summed E-state index contributed by atoms with van der Waals surface area (Å²) in [7, 11) is 0. The Morgan fingerprint density at radius 2 is 1.80 bits per heavy atom. The minimum atomic E-state index is 0.710. The Bertz CT molecular complexity index is 153. The largest absolute Gasteiger partial charge is 0.314 e. The predicted octanol–water partition coefficient (Wildman–Crippen LogP) is 3.54. The molecular weight excluding hydrogens is 202 g/mol. The Balaban J connectivity index is 2.02. The normalized spacial score (nSPS) is 20.8. The van der Waals surface area contributed by atoms with Gasteiger partial charge in [0.1, 0.15) is 0 Å². The van der Waals surface area contributed by atoms with Crippen LogP contribution in [0.5, 0.6) is 0 Å². The number of hydrogen-bond donors (Lipinski definition) is 1. The zero-order valence-corrected chi connectivity index (χ0v) is 11.4. The quantitative estimate of drug-likeness (QED) is 0.747. The van der Waals surface area contributed by atoms with E-state index in [9.17, 15) is 0 Å². The zero-order chi connectivity index (χ0) is 11.1. The van der Waals surface area contributed by atoms with Crippen molar-refractivity contribution in [2.75, 3.05) is 18.1 Å². The molecule has 1 aliphatic heterocycles. The molecule has 1 unspecified atom stereocenters. The van der Waals surface area contributed by atoms with E-state index in [0.29, 0.717) is 6.04 Å². The number of nitrogens with one attached hydrogen (secondary N) is 1. The van der Waals surface area contributed by atoms with Gasteiger partial charge >= 0.3 is 0 Å². The van der Waals surface area contributed by atoms with E-state index in [2.05, 4.69) is 37.8 Å². The van der Waals surface area contributed by atoms with Gasteiger partial charge < -0.3 is 5.32 Å². The first-order valence-electron chi connectivity index (χ1n) is 6.49. The second-order valence-electron chi connectivity index (χ2n) is 5.34. The molecule has 1 fully saturated rings. The SMILES string of the molecule is CC(C)CCC(C)NCC1CCSCC1. The number of rotatable bonds is 6. The molecule has 0 aromatic rings. The van der Waals surface area contributed by atoms with Crippen LogP contribution in [0.1, 0.15) is 46.5 Å². The third-order valence-corrected chi connectivity index (χ3v) is 4.32. The van der Waals surface area contributed by atoms with Gasteiger partial charge in [0.15, 0.2) is 0 Å². The summed E-state index contributed by atoms with van der Waals surface area (Å²) in [5, 5.41) is 3.70. The van der Waals surface area contributed by atoms with E-state index < -0.39 is 0 Å². The molecule has 0 spiro atoms. The predicted molar refractivity (Wildman–Crippen MR) is 71.6 cm³/mol. The van der Waals surface area contributed by atoms with Gasteiger partial charge in [0.05, 0.1) is 0 Å². The summed E-state index contributed by atoms with van der Waals surface area (Å²) >= 11 is 2.12. The molecule has 0 amide bonds. The fourth-order valence-corrected chi connectivity index (χ4v) is 3.21. The highest BCUT2D eigenvalue weighted by Gasteiger charge is 2.14. The third kappa shape index (κ3) is 6.47. The van der Waals surface area contributed by atoms with Gasteiger partial charge in [0.25, 0.3) is 0 Å². The minimum absolute atomic E-state index is 0.710. The van der Waals surface area contributed by atoms with E-state index >= 15 is 0 Å². The van der Waals surface area contributed by atoms with Gasteiger partial charge in [-0.15, -0.1) is 0 Å². The van der Waals surface area contributed by atoms with Crippen LogP contribution in [0.4, 0.5) is 0 Å². The summed E-state index contributed by atoms with van der Waals surface area (Å²) in [6.07, 6.45) is 5.54. The molecule has 0 bridgehead atoms. The van der Waals surface area contributed by atoms with Gasteiger partial charge in [-0.3, -0.25) is 0 Å². The molecule has 1 saturated heterocycles. The van der Waals surface area contributed by atoms with Crippen molar-refractivity contribution >= 4 is 11.8 Å². The molecule has 1 heterocycles. The first kappa shape index (κ1) is 13.4. The van der Waals surface area contributed by atoms with Crippen molar-refractivity contribution in [3.8, 4) is 0 Å². The van der Waals surface area contributed by atoms with Gasteiger partial charge in [0.2, 0.25) is 0 Å². The van der Waals surface area contributed by atoms with Crippen molar-refractivity contribution in [3.05, 3.63) is 0 Å². The average molecular weight is 229 g/mol. The summed E-state index contributed by atoms with van der Waals surface area (Å²) in [4.78, 5) is 0. The molecule has 0 aromatic heterocycles. The molecule has 1 rings (SSSR count). The smallest absolute Gasteiger partial charge is 0.00389 e. The maximum absolute atomic E-state index is 3.70. The minimum Gasteiger partial charge on any atom is -0.314 e. The monoisotopic (exact) mass is 229 g/mol. The highest BCUT2D eigenvalue weighted by atomic mass is 32.2. The van der Waals surface area contributed by atoms with Crippen molar-refractivity contribution < 1.29 is 0 Å². The van der Waals surface area contributed by atoms with E-state index in [4.69, 9.17) is 0 Å². The molecular formula is C13H27NS. The fraction of sp³-hybridized carbons (Fsp3) is 1.00. The van der Waals surface area contributed by atoms with Crippen LogP contribution in [0.25, 0.3) is 0 Å². The van der Waals surface area contributed by atoms with Crippen LogP contribution in [0, 0.1) is 11.8 Å². The summed E-state index contributed by atoms with van der Waals surface area (Å²) in [5.41, 5.74) is 0. The van der Waals surface area contributed by atoms with E-state index in [1.165, 1.54) is 43.7 Å². The van der Waals surface area contributed by atoms with Gasteiger partial charge in [-0.1, -0.05) is 13.8 Å². The first-order valence-corrected chi connectivity index (χ1v) is 7.65. The standard InChI is InChI=1S/C13H27NS/c1-11(2)4-5-12(3)14-10-13-6-8-15-9-7-13/h11-14H,4-10H2,1-3H3. The molecule has 1 aliphatic rings. The topological polar surface area (TPSA) is 12.0 Å². The Kier molecular flexibility index (Phi) is 6.74. The summed E-state index contributed by atoms with van der Waals surface area (Å²) < 4.78 is 0. The number of hydrogen-bond acceptors (Lipinski definition) is 2. The number of thioether (sulfide) groups is 1. The molecule has 1 N–H and O–H groups in total. The van der Waals surface area contributed by atoms with Crippen LogP contribution in [0.3, 0.4) is 0 Å². The molecule has 1 nitrogen and oxygen atoms in total. The lowest BCUT2D eigenvalue weighted by atomic mass is 10.0. The average Bonchev–Trinajstić information content (AvgIpc) is 2.25. The highest BCUT2D eigenvalue weighted by Crippen LogP contribution is 2.22. The maximum atomic E-state index is 3.70. The van der Waals surface area contributed by atoms with Gasteiger partial charge in [-0.05, 0) is 62.5 Å². The maximum Gasteiger partial charge on any atom is 0.00389 e. The van der Waals surface area contributed by atoms with Crippen molar-refractivity contribution in [1.82, 2.24) is 5.32 Å². The van der Waals surface area contributed by atoms with Crippen LogP contribution in [-0.4, -0.2) is 24.1 Å². The molecule has 2 heteroatoms. The molecule has 90 valence electrons. The second-order valence-corrected chi connectivity index (χ2v) is 6.56. The van der Waals surface area contributed by atoms with Crippen molar-refractivity contribution in [1.29, 1.82) is 0 Å². The third-order valence-electron chi connectivity index (χ3n) is 3.27. The molecule has 0 aromatic carbocycles. The summed E-state index contributed by atoms with van der Waals surface area (Å²) in [6, 6.07) is 0.710. The molecule has 0 radical (unpaired) electrons. The van der Waals surface area contributed by atoms with Gasteiger partial charge in [0, 0.05) is 6.04 Å². The van der Waals surface area contributed by atoms with Crippen molar-refractivity contribution in [2.45, 2.75) is 52.5 Å². The molecule has 15 heavy (non-hydrogen) atoms. The molecule has 0 aliphatic carbocycles. The van der Waals surface area contributed by atoms with E-state index in [1.54, 1.807) is 0 Å².